The van der Waals surface area contributed by atoms with Crippen LogP contribution in [0.25, 0.3) is 0 Å². The monoisotopic (exact) mass is 233 g/mol. The molecule has 1 aromatic rings. The van der Waals surface area contributed by atoms with Gasteiger partial charge in [0.15, 0.2) is 0 Å². The van der Waals surface area contributed by atoms with Gasteiger partial charge in [-0.2, -0.15) is 5.10 Å². The summed E-state index contributed by atoms with van der Waals surface area (Å²) in [6, 6.07) is 7.02. The molecule has 0 aromatic heterocycles. The highest BCUT2D eigenvalue weighted by Crippen LogP contribution is 2.23. The van der Waals surface area contributed by atoms with E-state index in [0.29, 0.717) is 11.4 Å². The standard InChI is InChI=1S/C11H11N3O3/c1-17-9-5-3-2-4-7(9)12-11(16)8-6-10(15)14-13-8/h2-5H,6H2,1H3,(H,12,16)(H,14,15). The number of amides is 2. The lowest BCUT2D eigenvalue weighted by Gasteiger charge is -2.08. The molecule has 6 nitrogen and oxygen atoms in total. The van der Waals surface area contributed by atoms with Crippen LogP contribution in [0.15, 0.2) is 29.4 Å². The van der Waals surface area contributed by atoms with Gasteiger partial charge in [0.2, 0.25) is 5.91 Å². The molecule has 1 heterocycles. The van der Waals surface area contributed by atoms with Gasteiger partial charge in [0.25, 0.3) is 5.91 Å². The lowest BCUT2D eigenvalue weighted by molar-refractivity contribution is -0.119. The molecule has 2 rings (SSSR count). The van der Waals surface area contributed by atoms with Crippen molar-refractivity contribution in [3.05, 3.63) is 24.3 Å². The predicted molar refractivity (Wildman–Crippen MR) is 61.8 cm³/mol. The van der Waals surface area contributed by atoms with Crippen LogP contribution in [-0.4, -0.2) is 24.6 Å². The van der Waals surface area contributed by atoms with E-state index in [4.69, 9.17) is 4.74 Å². The van der Waals surface area contributed by atoms with Crippen molar-refractivity contribution in [2.45, 2.75) is 6.42 Å². The second-order valence-electron chi connectivity index (χ2n) is 3.42. The van der Waals surface area contributed by atoms with E-state index in [-0.39, 0.29) is 18.0 Å². The van der Waals surface area contributed by atoms with Gasteiger partial charge in [-0.3, -0.25) is 9.59 Å². The van der Waals surface area contributed by atoms with Crippen LogP contribution < -0.4 is 15.5 Å². The highest BCUT2D eigenvalue weighted by Gasteiger charge is 2.21. The summed E-state index contributed by atoms with van der Waals surface area (Å²) in [4.78, 5) is 22.6. The van der Waals surface area contributed by atoms with Crippen LogP contribution in [0.5, 0.6) is 5.75 Å². The van der Waals surface area contributed by atoms with Crippen molar-refractivity contribution in [1.29, 1.82) is 0 Å². The van der Waals surface area contributed by atoms with Crippen LogP contribution in [0.4, 0.5) is 5.69 Å². The number of hydrogen-bond acceptors (Lipinski definition) is 4. The number of hydrogen-bond donors (Lipinski definition) is 2. The third-order valence-corrected chi connectivity index (χ3v) is 2.26. The van der Waals surface area contributed by atoms with Gasteiger partial charge < -0.3 is 10.1 Å². The van der Waals surface area contributed by atoms with Gasteiger partial charge in [0, 0.05) is 0 Å². The number of para-hydroxylation sites is 2. The van der Waals surface area contributed by atoms with Crippen LogP contribution in [0.3, 0.4) is 0 Å². The average Bonchev–Trinajstić information content (AvgIpc) is 2.77. The molecule has 1 aromatic carbocycles. The van der Waals surface area contributed by atoms with Gasteiger partial charge >= 0.3 is 0 Å². The number of rotatable bonds is 3. The van der Waals surface area contributed by atoms with E-state index in [1.165, 1.54) is 7.11 Å². The van der Waals surface area contributed by atoms with E-state index < -0.39 is 5.91 Å². The molecule has 0 atom stereocenters. The zero-order valence-corrected chi connectivity index (χ0v) is 9.19. The molecule has 88 valence electrons. The second-order valence-corrected chi connectivity index (χ2v) is 3.42. The van der Waals surface area contributed by atoms with Crippen molar-refractivity contribution in [1.82, 2.24) is 5.43 Å². The molecule has 0 saturated carbocycles. The molecule has 17 heavy (non-hydrogen) atoms. The first kappa shape index (κ1) is 11.1. The van der Waals surface area contributed by atoms with Gasteiger partial charge in [-0.1, -0.05) is 12.1 Å². The Morgan fingerprint density at radius 3 is 2.88 bits per heavy atom. The van der Waals surface area contributed by atoms with Crippen LogP contribution in [0, 0.1) is 0 Å². The van der Waals surface area contributed by atoms with Crippen LogP contribution >= 0.6 is 0 Å². The van der Waals surface area contributed by atoms with E-state index in [1.54, 1.807) is 24.3 Å². The third kappa shape index (κ3) is 2.41. The highest BCUT2D eigenvalue weighted by atomic mass is 16.5. The van der Waals surface area contributed by atoms with Crippen LogP contribution in [0.2, 0.25) is 0 Å². The molecule has 0 unspecified atom stereocenters. The Hall–Kier alpha value is -2.37. The van der Waals surface area contributed by atoms with Crippen molar-refractivity contribution in [2.75, 3.05) is 12.4 Å². The molecule has 0 bridgehead atoms. The molecule has 1 aliphatic heterocycles. The SMILES string of the molecule is COc1ccccc1NC(=O)C1=NNC(=O)C1. The maximum absolute atomic E-state index is 11.7. The first-order chi connectivity index (χ1) is 8.20. The van der Waals surface area contributed by atoms with Crippen molar-refractivity contribution < 1.29 is 14.3 Å². The van der Waals surface area contributed by atoms with Crippen LogP contribution in [0.1, 0.15) is 6.42 Å². The summed E-state index contributed by atoms with van der Waals surface area (Å²) in [7, 11) is 1.52. The summed E-state index contributed by atoms with van der Waals surface area (Å²) < 4.78 is 5.09. The number of ether oxygens (including phenoxy) is 1. The fraction of sp³-hybridized carbons (Fsp3) is 0.182. The Kier molecular flexibility index (Phi) is 3.04. The highest BCUT2D eigenvalue weighted by molar-refractivity contribution is 6.46. The van der Waals surface area contributed by atoms with E-state index in [9.17, 15) is 9.59 Å². The topological polar surface area (TPSA) is 79.8 Å². The first-order valence-electron chi connectivity index (χ1n) is 5.00. The quantitative estimate of drug-likeness (QED) is 0.798. The summed E-state index contributed by atoms with van der Waals surface area (Å²) in [6.45, 7) is 0. The van der Waals surface area contributed by atoms with E-state index in [0.717, 1.165) is 0 Å². The largest absolute Gasteiger partial charge is 0.495 e. The van der Waals surface area contributed by atoms with Gasteiger partial charge in [0.1, 0.15) is 11.5 Å². The summed E-state index contributed by atoms with van der Waals surface area (Å²) in [5, 5.41) is 6.27. The average molecular weight is 233 g/mol. The Balaban J connectivity index is 2.11. The van der Waals surface area contributed by atoms with E-state index in [2.05, 4.69) is 15.8 Å². The van der Waals surface area contributed by atoms with Crippen molar-refractivity contribution in [2.24, 2.45) is 5.10 Å². The minimum absolute atomic E-state index is 0.000975. The van der Waals surface area contributed by atoms with Crippen molar-refractivity contribution in [3.63, 3.8) is 0 Å². The van der Waals surface area contributed by atoms with Gasteiger partial charge in [-0.25, -0.2) is 5.43 Å². The fourth-order valence-electron chi connectivity index (χ4n) is 1.43. The number of nitrogens with zero attached hydrogens (tertiary/aromatic N) is 1. The first-order valence-corrected chi connectivity index (χ1v) is 5.00. The summed E-state index contributed by atoms with van der Waals surface area (Å²) in [5.41, 5.74) is 2.93. The zero-order valence-electron chi connectivity index (χ0n) is 9.19. The Morgan fingerprint density at radius 1 is 1.47 bits per heavy atom. The molecule has 0 fully saturated rings. The molecule has 0 saturated heterocycles. The Bertz CT molecular complexity index is 496. The summed E-state index contributed by atoms with van der Waals surface area (Å²) in [6.07, 6.45) is 0.000975. The number of anilines is 1. The number of methoxy groups -OCH3 is 1. The second kappa shape index (κ2) is 4.65. The zero-order chi connectivity index (χ0) is 12.3. The predicted octanol–water partition coefficient (Wildman–Crippen LogP) is 0.510. The third-order valence-electron chi connectivity index (χ3n) is 2.26. The maximum atomic E-state index is 11.7. The Labute approximate surface area is 97.7 Å². The number of carbonyl (C=O) groups excluding carboxylic acids is 2. The molecule has 0 spiro atoms. The molecule has 0 radical (unpaired) electrons. The number of nitrogens with one attached hydrogen (secondary N) is 2. The number of hydrazone groups is 1. The molecule has 0 aliphatic carbocycles. The van der Waals surface area contributed by atoms with Crippen molar-refractivity contribution >= 4 is 23.2 Å². The molecule has 2 amide bonds. The minimum Gasteiger partial charge on any atom is -0.495 e. The Morgan fingerprint density at radius 2 is 2.24 bits per heavy atom. The minimum atomic E-state index is -0.409. The number of benzene rings is 1. The normalized spacial score (nSPS) is 13.9. The molecular weight excluding hydrogens is 222 g/mol. The maximum Gasteiger partial charge on any atom is 0.272 e. The lowest BCUT2D eigenvalue weighted by atomic mass is 10.2. The smallest absolute Gasteiger partial charge is 0.272 e. The molecule has 1 aliphatic rings. The van der Waals surface area contributed by atoms with Gasteiger partial charge in [-0.15, -0.1) is 0 Å². The van der Waals surface area contributed by atoms with Gasteiger partial charge in [0.05, 0.1) is 19.2 Å². The summed E-state index contributed by atoms with van der Waals surface area (Å²) >= 11 is 0. The van der Waals surface area contributed by atoms with Crippen LogP contribution in [-0.2, 0) is 9.59 Å². The lowest BCUT2D eigenvalue weighted by Crippen LogP contribution is -2.22. The van der Waals surface area contributed by atoms with E-state index in [1.807, 2.05) is 0 Å². The molecule has 6 heteroatoms. The molecular formula is C11H11N3O3. The number of carbonyl (C=O) groups is 2. The fourth-order valence-corrected chi connectivity index (χ4v) is 1.43. The van der Waals surface area contributed by atoms with E-state index >= 15 is 0 Å². The summed E-state index contributed by atoms with van der Waals surface area (Å²) in [5.74, 6) is -0.137. The molecule has 2 N–H and O–H groups in total. The van der Waals surface area contributed by atoms with Crippen molar-refractivity contribution in [3.8, 4) is 5.75 Å². The van der Waals surface area contributed by atoms with Gasteiger partial charge in [-0.05, 0) is 12.1 Å².